The molecule has 1 aliphatic rings. The lowest BCUT2D eigenvalue weighted by atomic mass is 10.2. The molecule has 0 bridgehead atoms. The van der Waals surface area contributed by atoms with Gasteiger partial charge in [0.15, 0.2) is 11.5 Å². The van der Waals surface area contributed by atoms with E-state index in [2.05, 4.69) is 17.0 Å². The minimum Gasteiger partial charge on any atom is -0.504 e. The fourth-order valence-corrected chi connectivity index (χ4v) is 1.97. The van der Waals surface area contributed by atoms with E-state index >= 15 is 0 Å². The SMILES string of the molecule is CCOc1cccc(C=NN2CCN(C)CC2)c1O. The Morgan fingerprint density at radius 1 is 1.32 bits per heavy atom. The van der Waals surface area contributed by atoms with Gasteiger partial charge in [0.05, 0.1) is 12.8 Å². The van der Waals surface area contributed by atoms with Crippen molar-refractivity contribution in [3.8, 4) is 11.5 Å². The van der Waals surface area contributed by atoms with Crippen molar-refractivity contribution in [2.75, 3.05) is 39.8 Å². The van der Waals surface area contributed by atoms with Crippen LogP contribution in [-0.4, -0.2) is 61.1 Å². The number of rotatable bonds is 4. The van der Waals surface area contributed by atoms with Crippen LogP contribution in [0.1, 0.15) is 12.5 Å². The fraction of sp³-hybridized carbons (Fsp3) is 0.500. The zero-order valence-electron chi connectivity index (χ0n) is 11.5. The predicted octanol–water partition coefficient (Wildman–Crippen LogP) is 1.37. The van der Waals surface area contributed by atoms with E-state index in [-0.39, 0.29) is 5.75 Å². The second-order valence-corrected chi connectivity index (χ2v) is 4.63. The first-order valence-corrected chi connectivity index (χ1v) is 6.63. The minimum atomic E-state index is 0.155. The van der Waals surface area contributed by atoms with Gasteiger partial charge in [0.1, 0.15) is 0 Å². The van der Waals surface area contributed by atoms with Crippen LogP contribution >= 0.6 is 0 Å². The number of phenols is 1. The van der Waals surface area contributed by atoms with Crippen molar-refractivity contribution < 1.29 is 9.84 Å². The van der Waals surface area contributed by atoms with Gasteiger partial charge in [-0.05, 0) is 26.1 Å². The van der Waals surface area contributed by atoms with Gasteiger partial charge >= 0.3 is 0 Å². The van der Waals surface area contributed by atoms with Gasteiger partial charge in [-0.2, -0.15) is 5.10 Å². The molecular weight excluding hydrogens is 242 g/mol. The molecule has 19 heavy (non-hydrogen) atoms. The lowest BCUT2D eigenvalue weighted by Crippen LogP contribution is -2.41. The van der Waals surface area contributed by atoms with Crippen molar-refractivity contribution in [2.45, 2.75) is 6.92 Å². The third-order valence-corrected chi connectivity index (χ3v) is 3.17. The molecule has 1 saturated heterocycles. The van der Waals surface area contributed by atoms with Crippen LogP contribution in [0.4, 0.5) is 0 Å². The van der Waals surface area contributed by atoms with E-state index < -0.39 is 0 Å². The number of nitrogens with zero attached hydrogens (tertiary/aromatic N) is 3. The summed E-state index contributed by atoms with van der Waals surface area (Å²) in [7, 11) is 2.11. The summed E-state index contributed by atoms with van der Waals surface area (Å²) in [6.07, 6.45) is 1.70. The van der Waals surface area contributed by atoms with Gasteiger partial charge < -0.3 is 14.7 Å². The Hall–Kier alpha value is -1.75. The molecule has 1 aliphatic heterocycles. The van der Waals surface area contributed by atoms with Crippen molar-refractivity contribution in [3.05, 3.63) is 23.8 Å². The Bertz CT molecular complexity index is 440. The number of hydrogen-bond donors (Lipinski definition) is 1. The molecule has 104 valence electrons. The summed E-state index contributed by atoms with van der Waals surface area (Å²) in [6, 6.07) is 5.44. The molecular formula is C14H21N3O2. The summed E-state index contributed by atoms with van der Waals surface area (Å²) in [6.45, 7) is 6.29. The number of aromatic hydroxyl groups is 1. The number of para-hydroxylation sites is 1. The normalized spacial score (nSPS) is 17.1. The number of ether oxygens (including phenoxy) is 1. The molecule has 5 nitrogen and oxygen atoms in total. The van der Waals surface area contributed by atoms with E-state index in [1.165, 1.54) is 0 Å². The molecule has 1 aromatic carbocycles. The van der Waals surface area contributed by atoms with Crippen LogP contribution in [0.3, 0.4) is 0 Å². The molecule has 0 unspecified atom stereocenters. The molecule has 0 aliphatic carbocycles. The van der Waals surface area contributed by atoms with Gasteiger partial charge in [-0.15, -0.1) is 0 Å². The smallest absolute Gasteiger partial charge is 0.166 e. The molecule has 0 atom stereocenters. The molecule has 1 N–H and O–H groups in total. The van der Waals surface area contributed by atoms with Crippen LogP contribution < -0.4 is 4.74 Å². The Balaban J connectivity index is 2.04. The van der Waals surface area contributed by atoms with Gasteiger partial charge in [-0.3, -0.25) is 5.01 Å². The summed E-state index contributed by atoms with van der Waals surface area (Å²) < 4.78 is 5.35. The van der Waals surface area contributed by atoms with Crippen molar-refractivity contribution in [1.82, 2.24) is 9.91 Å². The number of hydrazone groups is 1. The summed E-state index contributed by atoms with van der Waals surface area (Å²) in [5.74, 6) is 0.659. The molecule has 0 saturated carbocycles. The van der Waals surface area contributed by atoms with Crippen molar-refractivity contribution in [3.63, 3.8) is 0 Å². The van der Waals surface area contributed by atoms with Crippen LogP contribution in [0.2, 0.25) is 0 Å². The zero-order chi connectivity index (χ0) is 13.7. The quantitative estimate of drug-likeness (QED) is 0.834. The third kappa shape index (κ3) is 3.61. The van der Waals surface area contributed by atoms with E-state index in [4.69, 9.17) is 4.74 Å². The van der Waals surface area contributed by atoms with Gasteiger partial charge in [-0.25, -0.2) is 0 Å². The monoisotopic (exact) mass is 263 g/mol. The van der Waals surface area contributed by atoms with Crippen molar-refractivity contribution in [2.24, 2.45) is 5.10 Å². The Morgan fingerprint density at radius 3 is 2.74 bits per heavy atom. The maximum atomic E-state index is 10.0. The van der Waals surface area contributed by atoms with E-state index in [9.17, 15) is 5.11 Å². The van der Waals surface area contributed by atoms with Gasteiger partial charge in [-0.1, -0.05) is 6.07 Å². The zero-order valence-corrected chi connectivity index (χ0v) is 11.5. The molecule has 5 heteroatoms. The summed E-state index contributed by atoms with van der Waals surface area (Å²) >= 11 is 0. The van der Waals surface area contributed by atoms with Gasteiger partial charge in [0.25, 0.3) is 0 Å². The molecule has 1 heterocycles. The average Bonchev–Trinajstić information content (AvgIpc) is 2.42. The Kier molecular flexibility index (Phi) is 4.63. The van der Waals surface area contributed by atoms with Crippen LogP contribution in [0.15, 0.2) is 23.3 Å². The number of benzene rings is 1. The maximum absolute atomic E-state index is 10.0. The molecule has 0 spiro atoms. The molecule has 1 aromatic rings. The first kappa shape index (κ1) is 13.7. The van der Waals surface area contributed by atoms with E-state index in [1.54, 1.807) is 12.3 Å². The van der Waals surface area contributed by atoms with Gasteiger partial charge in [0, 0.05) is 31.7 Å². The highest BCUT2D eigenvalue weighted by Gasteiger charge is 2.11. The third-order valence-electron chi connectivity index (χ3n) is 3.17. The maximum Gasteiger partial charge on any atom is 0.166 e. The van der Waals surface area contributed by atoms with E-state index in [0.717, 1.165) is 26.2 Å². The summed E-state index contributed by atoms with van der Waals surface area (Å²) in [5, 5.41) is 16.5. The second kappa shape index (κ2) is 6.43. The van der Waals surface area contributed by atoms with Crippen LogP contribution in [0, 0.1) is 0 Å². The summed E-state index contributed by atoms with van der Waals surface area (Å²) in [5.41, 5.74) is 0.685. The molecule has 0 aromatic heterocycles. The number of hydrogen-bond acceptors (Lipinski definition) is 5. The highest BCUT2D eigenvalue weighted by atomic mass is 16.5. The largest absolute Gasteiger partial charge is 0.504 e. The summed E-state index contributed by atoms with van der Waals surface area (Å²) in [4.78, 5) is 2.28. The fourth-order valence-electron chi connectivity index (χ4n) is 1.97. The molecule has 2 rings (SSSR count). The van der Waals surface area contributed by atoms with Crippen LogP contribution in [0.25, 0.3) is 0 Å². The second-order valence-electron chi connectivity index (χ2n) is 4.63. The Morgan fingerprint density at radius 2 is 2.05 bits per heavy atom. The number of likely N-dealkylation sites (N-methyl/N-ethyl adjacent to an activating group) is 1. The van der Waals surface area contributed by atoms with Gasteiger partial charge in [0.2, 0.25) is 0 Å². The molecule has 0 radical (unpaired) electrons. The highest BCUT2D eigenvalue weighted by Crippen LogP contribution is 2.28. The lowest BCUT2D eigenvalue weighted by molar-refractivity contribution is 0.159. The first-order valence-electron chi connectivity index (χ1n) is 6.63. The minimum absolute atomic E-state index is 0.155. The number of phenolic OH excluding ortho intramolecular Hbond substituents is 1. The van der Waals surface area contributed by atoms with Crippen molar-refractivity contribution >= 4 is 6.21 Å². The van der Waals surface area contributed by atoms with Crippen LogP contribution in [0.5, 0.6) is 11.5 Å². The standard InChI is InChI=1S/C14H21N3O2/c1-3-19-13-6-4-5-12(14(13)18)11-15-17-9-7-16(2)8-10-17/h4-6,11,18H,3,7-10H2,1-2H3. The van der Waals surface area contributed by atoms with Crippen LogP contribution in [-0.2, 0) is 0 Å². The van der Waals surface area contributed by atoms with Crippen molar-refractivity contribution in [1.29, 1.82) is 0 Å². The average molecular weight is 263 g/mol. The predicted molar refractivity (Wildman–Crippen MR) is 75.9 cm³/mol. The first-order chi connectivity index (χ1) is 9.20. The lowest BCUT2D eigenvalue weighted by Gasteiger charge is -2.30. The van der Waals surface area contributed by atoms with E-state index in [1.807, 2.05) is 24.1 Å². The molecule has 0 amide bonds. The number of piperazine rings is 1. The molecule has 1 fully saturated rings. The topological polar surface area (TPSA) is 48.3 Å². The highest BCUT2D eigenvalue weighted by molar-refractivity contribution is 5.84. The Labute approximate surface area is 114 Å². The van der Waals surface area contributed by atoms with E-state index in [0.29, 0.717) is 17.9 Å².